The number of hydrogen-bond donors (Lipinski definition) is 7. The number of carbonyl (C=O) groups is 1. The van der Waals surface area contributed by atoms with Gasteiger partial charge in [0.25, 0.3) is 0 Å². The molecule has 12 nitrogen and oxygen atoms in total. The van der Waals surface area contributed by atoms with Gasteiger partial charge in [0.15, 0.2) is 6.23 Å². The van der Waals surface area contributed by atoms with E-state index in [1.807, 2.05) is 6.07 Å². The maximum atomic E-state index is 11.5. The summed E-state index contributed by atoms with van der Waals surface area (Å²) < 4.78 is 7.24. The fourth-order valence-electron chi connectivity index (χ4n) is 3.69. The molecule has 1 saturated heterocycles. The number of anilines is 1. The van der Waals surface area contributed by atoms with Crippen molar-refractivity contribution in [2.75, 3.05) is 31.6 Å². The molecule has 0 saturated carbocycles. The van der Waals surface area contributed by atoms with E-state index in [-0.39, 0.29) is 19.1 Å². The Morgan fingerprint density at radius 3 is 2.62 bits per heavy atom. The lowest BCUT2D eigenvalue weighted by molar-refractivity contribution is -0.122. The predicted octanol–water partition coefficient (Wildman–Crippen LogP) is -1.58. The van der Waals surface area contributed by atoms with Crippen molar-refractivity contribution in [2.24, 2.45) is 11.5 Å². The van der Waals surface area contributed by atoms with Gasteiger partial charge in [-0.3, -0.25) is 4.79 Å². The molecule has 0 unspecified atom stereocenters. The number of unbranched alkanes of at least 4 members (excludes halogenated alkanes) is 3. The van der Waals surface area contributed by atoms with Gasteiger partial charge < -0.3 is 46.7 Å². The maximum Gasteiger partial charge on any atom is 0.238 e. The van der Waals surface area contributed by atoms with Crippen LogP contribution in [0.1, 0.15) is 31.9 Å². The molecule has 0 aliphatic carbocycles. The van der Waals surface area contributed by atoms with E-state index < -0.39 is 30.6 Å². The summed E-state index contributed by atoms with van der Waals surface area (Å²) in [4.78, 5) is 20.1. The lowest BCUT2D eigenvalue weighted by atomic mass is 10.1. The van der Waals surface area contributed by atoms with Crippen LogP contribution in [0.2, 0.25) is 0 Å². The molecular formula is C20H33N7O5. The minimum atomic E-state index is -1.18. The number of fused-ring (bicyclic) bond motifs is 1. The first-order valence-electron chi connectivity index (χ1n) is 10.9. The Hall–Kier alpha value is -2.35. The Bertz CT molecular complexity index is 879. The minimum Gasteiger partial charge on any atom is -0.394 e. The van der Waals surface area contributed by atoms with Crippen molar-refractivity contribution in [3.63, 3.8) is 0 Å². The molecule has 9 N–H and O–H groups in total. The number of ether oxygens (including phenoxy) is 1. The van der Waals surface area contributed by atoms with E-state index in [1.54, 1.807) is 10.8 Å². The number of aliphatic hydroxyl groups is 3. The molecule has 0 radical (unpaired) electrons. The highest BCUT2D eigenvalue weighted by Crippen LogP contribution is 2.33. The van der Waals surface area contributed by atoms with Gasteiger partial charge in [-0.2, -0.15) is 0 Å². The summed E-state index contributed by atoms with van der Waals surface area (Å²) in [6.45, 7) is 1.05. The normalized spacial score (nSPS) is 24.0. The van der Waals surface area contributed by atoms with Crippen LogP contribution < -0.4 is 22.1 Å². The average molecular weight is 452 g/mol. The van der Waals surface area contributed by atoms with E-state index in [1.165, 1.54) is 6.33 Å². The summed E-state index contributed by atoms with van der Waals surface area (Å²) in [6.07, 6.45) is 2.86. The van der Waals surface area contributed by atoms with Crippen molar-refractivity contribution in [3.8, 4) is 0 Å². The number of hydrogen-bond acceptors (Lipinski definition) is 10. The fourth-order valence-corrected chi connectivity index (χ4v) is 3.69. The Morgan fingerprint density at radius 1 is 1.19 bits per heavy atom. The second-order valence-electron chi connectivity index (χ2n) is 7.89. The van der Waals surface area contributed by atoms with Crippen molar-refractivity contribution in [1.29, 1.82) is 0 Å². The number of aromatic nitrogens is 3. The van der Waals surface area contributed by atoms with Gasteiger partial charge in [0.1, 0.15) is 36.1 Å². The van der Waals surface area contributed by atoms with E-state index >= 15 is 0 Å². The third-order valence-electron chi connectivity index (χ3n) is 5.59. The highest BCUT2D eigenvalue weighted by molar-refractivity contribution is 5.87. The SMILES string of the molecule is NC[C@H](N)C(=O)NCCCCCCNc1ncnc2c1ccn2[C@@H]1O[C@H](CO)[C@@H](O)[C@H]1O. The number of rotatable bonds is 12. The summed E-state index contributed by atoms with van der Waals surface area (Å²) in [5.74, 6) is 0.453. The summed E-state index contributed by atoms with van der Waals surface area (Å²) >= 11 is 0. The zero-order chi connectivity index (χ0) is 23.1. The third-order valence-corrected chi connectivity index (χ3v) is 5.59. The third kappa shape index (κ3) is 5.52. The molecule has 2 aromatic rings. The van der Waals surface area contributed by atoms with Crippen LogP contribution in [-0.2, 0) is 9.53 Å². The molecule has 1 aliphatic rings. The van der Waals surface area contributed by atoms with E-state index in [0.717, 1.165) is 37.6 Å². The number of nitrogens with two attached hydrogens (primary N) is 2. The molecule has 2 aromatic heterocycles. The maximum absolute atomic E-state index is 11.5. The van der Waals surface area contributed by atoms with Crippen LogP contribution >= 0.6 is 0 Å². The molecule has 1 amide bonds. The van der Waals surface area contributed by atoms with Crippen molar-refractivity contribution in [2.45, 2.75) is 56.3 Å². The van der Waals surface area contributed by atoms with Gasteiger partial charge >= 0.3 is 0 Å². The van der Waals surface area contributed by atoms with Gasteiger partial charge in [-0.05, 0) is 18.9 Å². The van der Waals surface area contributed by atoms with E-state index in [9.17, 15) is 20.1 Å². The number of carbonyl (C=O) groups excluding carboxylic acids is 1. The van der Waals surface area contributed by atoms with E-state index in [2.05, 4.69) is 20.6 Å². The van der Waals surface area contributed by atoms with Crippen molar-refractivity contribution < 1.29 is 24.9 Å². The molecule has 0 aromatic carbocycles. The van der Waals surface area contributed by atoms with Crippen LogP contribution in [0.25, 0.3) is 11.0 Å². The van der Waals surface area contributed by atoms with E-state index in [4.69, 9.17) is 16.2 Å². The average Bonchev–Trinajstić information content (AvgIpc) is 3.36. The molecule has 0 spiro atoms. The van der Waals surface area contributed by atoms with Crippen molar-refractivity contribution >= 4 is 22.8 Å². The Balaban J connectivity index is 1.46. The first kappa shape index (κ1) is 24.3. The number of amides is 1. The van der Waals surface area contributed by atoms with Gasteiger partial charge in [-0.15, -0.1) is 0 Å². The van der Waals surface area contributed by atoms with Crippen LogP contribution in [0, 0.1) is 0 Å². The summed E-state index contributed by atoms with van der Waals surface area (Å²) in [6, 6.07) is 1.17. The zero-order valence-corrected chi connectivity index (χ0v) is 17.9. The molecule has 178 valence electrons. The Morgan fingerprint density at radius 2 is 1.94 bits per heavy atom. The topological polar surface area (TPSA) is 194 Å². The van der Waals surface area contributed by atoms with Gasteiger partial charge in [-0.1, -0.05) is 12.8 Å². The molecule has 0 bridgehead atoms. The highest BCUT2D eigenvalue weighted by Gasteiger charge is 2.43. The second kappa shape index (κ2) is 11.5. The van der Waals surface area contributed by atoms with Crippen molar-refractivity contribution in [3.05, 3.63) is 18.6 Å². The van der Waals surface area contributed by atoms with Crippen LogP contribution in [0.4, 0.5) is 5.82 Å². The molecular weight excluding hydrogens is 418 g/mol. The number of nitrogens with zero attached hydrogens (tertiary/aromatic N) is 3. The molecule has 3 heterocycles. The molecule has 3 rings (SSSR count). The molecule has 1 fully saturated rings. The number of aliphatic hydroxyl groups excluding tert-OH is 3. The predicted molar refractivity (Wildman–Crippen MR) is 118 cm³/mol. The highest BCUT2D eigenvalue weighted by atomic mass is 16.6. The molecule has 32 heavy (non-hydrogen) atoms. The Labute approximate surface area is 186 Å². The fraction of sp³-hybridized carbons (Fsp3) is 0.650. The summed E-state index contributed by atoms with van der Waals surface area (Å²) in [5.41, 5.74) is 11.5. The van der Waals surface area contributed by atoms with Crippen LogP contribution in [-0.4, -0.2) is 86.4 Å². The van der Waals surface area contributed by atoms with Crippen LogP contribution in [0.5, 0.6) is 0 Å². The van der Waals surface area contributed by atoms with Crippen LogP contribution in [0.15, 0.2) is 18.6 Å². The number of nitrogens with one attached hydrogen (secondary N) is 2. The largest absolute Gasteiger partial charge is 0.394 e. The zero-order valence-electron chi connectivity index (χ0n) is 17.9. The first-order valence-corrected chi connectivity index (χ1v) is 10.9. The van der Waals surface area contributed by atoms with E-state index in [0.29, 0.717) is 18.0 Å². The summed E-state index contributed by atoms with van der Waals surface area (Å²) in [5, 5.41) is 36.5. The second-order valence-corrected chi connectivity index (χ2v) is 7.89. The smallest absolute Gasteiger partial charge is 0.238 e. The standard InChI is InChI=1S/C20H33N7O5/c21-9-13(22)19(31)24-7-4-2-1-3-6-23-17-12-5-8-27(18(12)26-11-25-17)20-16(30)15(29)14(10-28)32-20/h5,8,11,13-16,20,28-30H,1-4,6-7,9-10,21-22H2,(H,24,31)(H,23,25,26)/t13-,14+,15+,16+,20+/m0/s1. The van der Waals surface area contributed by atoms with Gasteiger partial charge in [0.2, 0.25) is 5.91 Å². The van der Waals surface area contributed by atoms with Crippen molar-refractivity contribution in [1.82, 2.24) is 19.9 Å². The van der Waals surface area contributed by atoms with Gasteiger partial charge in [0, 0.05) is 25.8 Å². The summed E-state index contributed by atoms with van der Waals surface area (Å²) in [7, 11) is 0. The first-order chi connectivity index (χ1) is 15.5. The van der Waals surface area contributed by atoms with Gasteiger partial charge in [-0.25, -0.2) is 9.97 Å². The minimum absolute atomic E-state index is 0.136. The molecule has 5 atom stereocenters. The monoisotopic (exact) mass is 451 g/mol. The lowest BCUT2D eigenvalue weighted by Crippen LogP contribution is -2.45. The van der Waals surface area contributed by atoms with Gasteiger partial charge in [0.05, 0.1) is 18.0 Å². The van der Waals surface area contributed by atoms with Crippen LogP contribution in [0.3, 0.4) is 0 Å². The lowest BCUT2D eigenvalue weighted by Gasteiger charge is -2.17. The molecule has 12 heteroatoms. The Kier molecular flexibility index (Phi) is 8.73. The quantitative estimate of drug-likeness (QED) is 0.185. The molecule has 1 aliphatic heterocycles.